The van der Waals surface area contributed by atoms with E-state index >= 15 is 0 Å². The SMILES string of the molecule is CC(C)(C)c1c[c-]c2c(c1)-c1cc(C(C)(C)C)ccc1C2.CC[C](=[Zr+2])c1ccccc1.CCc1[cH-]c(C)cc1C(C)(C)C.[Cl-].[Cl-]. The van der Waals surface area contributed by atoms with Crippen LogP contribution in [-0.2, 0) is 53.3 Å². The maximum Gasteiger partial charge on any atom is -0.0540 e. The second kappa shape index (κ2) is 17.0. The summed E-state index contributed by atoms with van der Waals surface area (Å²) in [6.07, 6.45) is 3.36. The van der Waals surface area contributed by atoms with Crippen LogP contribution >= 0.6 is 0 Å². The van der Waals surface area contributed by atoms with Crippen molar-refractivity contribution < 1.29 is 49.0 Å². The molecule has 4 aromatic rings. The molecule has 0 atom stereocenters. The fraction of sp³-hybridized carbons (Fsp3) is 0.429. The Kier molecular flexibility index (Phi) is 15.6. The van der Waals surface area contributed by atoms with Gasteiger partial charge >= 0.3 is 76.7 Å². The molecule has 0 unspecified atom stereocenters. The Labute approximate surface area is 303 Å². The molecule has 0 saturated carbocycles. The van der Waals surface area contributed by atoms with Crippen LogP contribution < -0.4 is 24.8 Å². The average molecular weight is 721 g/mol. The number of halogens is 2. The monoisotopic (exact) mass is 718 g/mol. The summed E-state index contributed by atoms with van der Waals surface area (Å²) >= 11 is 1.54. The first-order valence-corrected chi connectivity index (χ1v) is 17.3. The van der Waals surface area contributed by atoms with Gasteiger partial charge in [-0.05, 0) is 17.4 Å². The summed E-state index contributed by atoms with van der Waals surface area (Å²) in [4.78, 5) is 0. The molecule has 45 heavy (non-hydrogen) atoms. The molecule has 0 aromatic heterocycles. The van der Waals surface area contributed by atoms with Gasteiger partial charge in [0.25, 0.3) is 0 Å². The predicted octanol–water partition coefficient (Wildman–Crippen LogP) is 5.40. The molecule has 5 rings (SSSR count). The van der Waals surface area contributed by atoms with Crippen molar-refractivity contribution in [3.63, 3.8) is 0 Å². The molecular weight excluding hydrogens is 667 g/mol. The van der Waals surface area contributed by atoms with E-state index in [1.165, 1.54) is 86.3 Å². The van der Waals surface area contributed by atoms with Gasteiger partial charge in [0.15, 0.2) is 0 Å². The second-order valence-electron chi connectivity index (χ2n) is 15.1. The van der Waals surface area contributed by atoms with Crippen LogP contribution in [0.1, 0.15) is 127 Å². The number of hydrogen-bond acceptors (Lipinski definition) is 0. The second-order valence-corrected chi connectivity index (χ2v) is 16.6. The molecule has 0 fully saturated rings. The summed E-state index contributed by atoms with van der Waals surface area (Å²) in [6.45, 7) is 27.1. The number of benzene rings is 3. The number of aryl methyl sites for hydroxylation is 2. The van der Waals surface area contributed by atoms with Crippen LogP contribution in [0.3, 0.4) is 0 Å². The smallest absolute Gasteiger partial charge is 0.0540 e. The zero-order chi connectivity index (χ0) is 32.2. The maximum atomic E-state index is 3.53. The van der Waals surface area contributed by atoms with Crippen molar-refractivity contribution in [1.29, 1.82) is 0 Å². The molecule has 1 aliphatic rings. The normalized spacial score (nSPS) is 11.9. The van der Waals surface area contributed by atoms with E-state index in [1.54, 1.807) is 3.21 Å². The van der Waals surface area contributed by atoms with Gasteiger partial charge in [-0.15, -0.1) is 5.56 Å². The Balaban J connectivity index is 0.000000362. The van der Waals surface area contributed by atoms with Crippen LogP contribution in [0.2, 0.25) is 0 Å². The standard InChI is InChI=1S/C21H25.C12H19.C9H10.2ClH.Zr/c1-20(2,3)16-9-7-14-11-15-8-10-17(21(4,5)6)13-19(15)18(14)12-16;1-6-10-7-9(2)8-11(10)12(3,4)5;1-2-6-9-7-4-3-5-8-9;;;/h7,9-10,12-13H,11H2,1-6H3;7-8H,6H2,1-5H3;3-5,7-8H,2H2,1H3;2*1H;/q2*-1;;;;+2/p-2. The van der Waals surface area contributed by atoms with Crippen molar-refractivity contribution in [1.82, 2.24) is 0 Å². The van der Waals surface area contributed by atoms with Gasteiger partial charge in [-0.1, -0.05) is 123 Å². The minimum absolute atomic E-state index is 0. The van der Waals surface area contributed by atoms with E-state index in [4.69, 9.17) is 0 Å². The van der Waals surface area contributed by atoms with Gasteiger partial charge in [-0.3, -0.25) is 0 Å². The van der Waals surface area contributed by atoms with E-state index < -0.39 is 0 Å². The molecule has 0 radical (unpaired) electrons. The van der Waals surface area contributed by atoms with Crippen LogP contribution in [-0.4, -0.2) is 3.21 Å². The minimum Gasteiger partial charge on any atom is -1.00 e. The number of fused-ring (bicyclic) bond motifs is 3. The maximum absolute atomic E-state index is 3.53. The molecule has 0 bridgehead atoms. The molecule has 0 spiro atoms. The van der Waals surface area contributed by atoms with Crippen LogP contribution in [0.15, 0.2) is 72.8 Å². The first-order chi connectivity index (χ1) is 20.0. The Morgan fingerprint density at radius 1 is 0.756 bits per heavy atom. The molecule has 242 valence electrons. The summed E-state index contributed by atoms with van der Waals surface area (Å²) in [5, 5.41) is 0. The topological polar surface area (TPSA) is 0 Å². The Morgan fingerprint density at radius 3 is 1.82 bits per heavy atom. The van der Waals surface area contributed by atoms with Gasteiger partial charge in [-0.25, -0.2) is 6.07 Å². The van der Waals surface area contributed by atoms with Crippen LogP contribution in [0, 0.1) is 13.0 Å². The zero-order valence-electron chi connectivity index (χ0n) is 29.8. The van der Waals surface area contributed by atoms with Crippen molar-refractivity contribution >= 4 is 3.21 Å². The quantitative estimate of drug-likeness (QED) is 0.219. The Morgan fingerprint density at radius 2 is 1.33 bits per heavy atom. The third kappa shape index (κ3) is 11.2. The largest absolute Gasteiger partial charge is 1.00 e. The molecule has 3 heteroatoms. The molecule has 0 N–H and O–H groups in total. The first kappa shape index (κ1) is 41.4. The summed E-state index contributed by atoms with van der Waals surface area (Å²) in [7, 11) is 0. The average Bonchev–Trinajstić information content (AvgIpc) is 3.52. The van der Waals surface area contributed by atoms with E-state index in [0.717, 1.165) is 12.8 Å². The van der Waals surface area contributed by atoms with Gasteiger partial charge in [0.05, 0.1) is 0 Å². The summed E-state index contributed by atoms with van der Waals surface area (Å²) in [6, 6.07) is 30.3. The summed E-state index contributed by atoms with van der Waals surface area (Å²) in [5.74, 6) is 0. The van der Waals surface area contributed by atoms with Gasteiger partial charge in [0, 0.05) is 0 Å². The number of rotatable bonds is 3. The van der Waals surface area contributed by atoms with Crippen molar-refractivity contribution in [2.24, 2.45) is 0 Å². The minimum atomic E-state index is 0. The van der Waals surface area contributed by atoms with Gasteiger partial charge in [0.2, 0.25) is 0 Å². The zero-order valence-corrected chi connectivity index (χ0v) is 33.8. The van der Waals surface area contributed by atoms with Crippen molar-refractivity contribution in [2.75, 3.05) is 0 Å². The summed E-state index contributed by atoms with van der Waals surface area (Å²) < 4.78 is 1.55. The van der Waals surface area contributed by atoms with Crippen LogP contribution in [0.25, 0.3) is 11.1 Å². The molecule has 4 aromatic carbocycles. The van der Waals surface area contributed by atoms with Crippen molar-refractivity contribution in [3.05, 3.63) is 123 Å². The fourth-order valence-electron chi connectivity index (χ4n) is 5.53. The molecule has 0 heterocycles. The first-order valence-electron chi connectivity index (χ1n) is 16.0. The molecule has 0 saturated heterocycles. The van der Waals surface area contributed by atoms with Crippen molar-refractivity contribution in [3.8, 4) is 11.1 Å². The molecule has 0 amide bonds. The van der Waals surface area contributed by atoms with E-state index in [2.05, 4.69) is 162 Å². The molecule has 1 aliphatic carbocycles. The molecule has 0 aliphatic heterocycles. The molecule has 0 nitrogen and oxygen atoms in total. The third-order valence-electron chi connectivity index (χ3n) is 8.31. The van der Waals surface area contributed by atoms with Crippen LogP contribution in [0.5, 0.6) is 0 Å². The van der Waals surface area contributed by atoms with Crippen LogP contribution in [0.4, 0.5) is 0 Å². The van der Waals surface area contributed by atoms with E-state index in [0.29, 0.717) is 5.41 Å². The third-order valence-corrected chi connectivity index (χ3v) is 9.89. The Hall–Kier alpha value is -1.66. The Bertz CT molecular complexity index is 1460. The van der Waals surface area contributed by atoms with Crippen molar-refractivity contribution in [2.45, 2.75) is 119 Å². The van der Waals surface area contributed by atoms with Gasteiger partial charge in [0.1, 0.15) is 0 Å². The molecular formula is C42H54Cl2Zr-2. The van der Waals surface area contributed by atoms with Gasteiger partial charge in [-0.2, -0.15) is 52.1 Å². The fourth-order valence-corrected chi connectivity index (χ4v) is 5.94. The number of hydrogen-bond donors (Lipinski definition) is 0. The van der Waals surface area contributed by atoms with E-state index in [9.17, 15) is 0 Å². The van der Waals surface area contributed by atoms with E-state index in [-0.39, 0.29) is 35.6 Å². The predicted molar refractivity (Wildman–Crippen MR) is 187 cm³/mol. The van der Waals surface area contributed by atoms with Gasteiger partial charge < -0.3 is 24.8 Å². The van der Waals surface area contributed by atoms with E-state index in [1.807, 2.05) is 0 Å². The summed E-state index contributed by atoms with van der Waals surface area (Å²) in [5.41, 5.74) is 14.9.